The minimum atomic E-state index is -0.218. The second kappa shape index (κ2) is 5.65. The summed E-state index contributed by atoms with van der Waals surface area (Å²) in [5.41, 5.74) is 1.17. The molecule has 0 radical (unpaired) electrons. The van der Waals surface area contributed by atoms with Crippen molar-refractivity contribution >= 4 is 39.1 Å². The van der Waals surface area contributed by atoms with E-state index in [1.54, 1.807) is 18.2 Å². The molecule has 1 aromatic heterocycles. The Morgan fingerprint density at radius 1 is 1.21 bits per heavy atom. The van der Waals surface area contributed by atoms with Crippen LogP contribution in [0.3, 0.4) is 0 Å². The van der Waals surface area contributed by atoms with E-state index in [1.807, 2.05) is 13.8 Å². The first kappa shape index (κ1) is 14.6. The number of hydrogen-bond acceptors (Lipinski definition) is 2. The molecule has 0 bridgehead atoms. The highest BCUT2D eigenvalue weighted by atomic mass is 79.9. The standard InChI is InChI=1S/C13H11BrCl2N2O/c1-6(2)11-10(14)13(19)18-12(17-11)7-3-8(15)5-9(16)4-7/h3-6H,1-2H3,(H,17,18,19). The molecule has 2 aromatic rings. The van der Waals surface area contributed by atoms with E-state index in [2.05, 4.69) is 25.9 Å². The zero-order valence-corrected chi connectivity index (χ0v) is 13.4. The Hall–Kier alpha value is -0.840. The second-order valence-corrected chi connectivity index (χ2v) is 6.09. The van der Waals surface area contributed by atoms with Crippen molar-refractivity contribution in [2.45, 2.75) is 19.8 Å². The van der Waals surface area contributed by atoms with Crippen LogP contribution in [0, 0.1) is 0 Å². The number of hydrogen-bond donors (Lipinski definition) is 1. The van der Waals surface area contributed by atoms with Gasteiger partial charge in [0.25, 0.3) is 5.56 Å². The van der Waals surface area contributed by atoms with E-state index < -0.39 is 0 Å². The molecule has 0 saturated carbocycles. The largest absolute Gasteiger partial charge is 0.306 e. The van der Waals surface area contributed by atoms with Crippen LogP contribution in [0.15, 0.2) is 27.5 Å². The fraction of sp³-hybridized carbons (Fsp3) is 0.231. The lowest BCUT2D eigenvalue weighted by molar-refractivity contribution is 0.803. The number of halogens is 3. The van der Waals surface area contributed by atoms with E-state index in [1.165, 1.54) is 0 Å². The number of nitrogens with one attached hydrogen (secondary N) is 1. The van der Waals surface area contributed by atoms with Crippen molar-refractivity contribution < 1.29 is 0 Å². The third-order valence-corrected chi connectivity index (χ3v) is 3.77. The van der Waals surface area contributed by atoms with Crippen molar-refractivity contribution in [1.82, 2.24) is 9.97 Å². The predicted octanol–water partition coefficient (Wildman–Crippen LogP) is 4.63. The molecular weight excluding hydrogens is 351 g/mol. The highest BCUT2D eigenvalue weighted by molar-refractivity contribution is 9.10. The maximum atomic E-state index is 11.9. The van der Waals surface area contributed by atoms with Crippen LogP contribution >= 0.6 is 39.1 Å². The van der Waals surface area contributed by atoms with Crippen molar-refractivity contribution in [2.24, 2.45) is 0 Å². The highest BCUT2D eigenvalue weighted by Crippen LogP contribution is 2.27. The first-order valence-electron chi connectivity index (χ1n) is 5.64. The number of nitrogens with zero attached hydrogens (tertiary/aromatic N) is 1. The molecular formula is C13H11BrCl2N2O. The molecule has 0 fully saturated rings. The topological polar surface area (TPSA) is 45.8 Å². The SMILES string of the molecule is CC(C)c1nc(-c2cc(Cl)cc(Cl)c2)[nH]c(=O)c1Br. The van der Waals surface area contributed by atoms with Crippen LogP contribution in [0.1, 0.15) is 25.5 Å². The van der Waals surface area contributed by atoms with Gasteiger partial charge >= 0.3 is 0 Å². The van der Waals surface area contributed by atoms with Gasteiger partial charge in [-0.15, -0.1) is 0 Å². The molecule has 0 aliphatic carbocycles. The van der Waals surface area contributed by atoms with Gasteiger partial charge in [0.2, 0.25) is 0 Å². The predicted molar refractivity (Wildman–Crippen MR) is 82.1 cm³/mol. The Kier molecular flexibility index (Phi) is 4.33. The quantitative estimate of drug-likeness (QED) is 0.847. The molecule has 0 saturated heterocycles. The number of rotatable bonds is 2. The molecule has 0 amide bonds. The Bertz CT molecular complexity index is 663. The van der Waals surface area contributed by atoms with Gasteiger partial charge in [-0.25, -0.2) is 4.98 Å². The highest BCUT2D eigenvalue weighted by Gasteiger charge is 2.13. The molecule has 0 unspecified atom stereocenters. The number of aromatic nitrogens is 2. The van der Waals surface area contributed by atoms with Gasteiger partial charge in [-0.2, -0.15) is 0 Å². The van der Waals surface area contributed by atoms with Crippen molar-refractivity contribution in [2.75, 3.05) is 0 Å². The monoisotopic (exact) mass is 360 g/mol. The Morgan fingerprint density at radius 3 is 2.32 bits per heavy atom. The molecule has 2 rings (SSSR count). The van der Waals surface area contributed by atoms with Gasteiger partial charge in [0, 0.05) is 15.6 Å². The lowest BCUT2D eigenvalue weighted by atomic mass is 10.1. The first-order valence-corrected chi connectivity index (χ1v) is 7.19. The minimum Gasteiger partial charge on any atom is -0.306 e. The summed E-state index contributed by atoms with van der Waals surface area (Å²) in [4.78, 5) is 19.1. The van der Waals surface area contributed by atoms with Gasteiger partial charge < -0.3 is 4.98 Å². The van der Waals surface area contributed by atoms with E-state index in [9.17, 15) is 4.79 Å². The molecule has 0 atom stereocenters. The van der Waals surface area contributed by atoms with Gasteiger partial charge in [-0.3, -0.25) is 4.79 Å². The van der Waals surface area contributed by atoms with E-state index in [0.29, 0.717) is 31.6 Å². The van der Waals surface area contributed by atoms with Gasteiger partial charge in [0.15, 0.2) is 0 Å². The van der Waals surface area contributed by atoms with Gasteiger partial charge in [-0.05, 0) is 40.0 Å². The second-order valence-electron chi connectivity index (χ2n) is 4.43. The molecule has 6 heteroatoms. The van der Waals surface area contributed by atoms with Gasteiger partial charge in [-0.1, -0.05) is 37.0 Å². The maximum absolute atomic E-state index is 11.9. The van der Waals surface area contributed by atoms with Crippen LogP contribution in [-0.4, -0.2) is 9.97 Å². The molecule has 100 valence electrons. The van der Waals surface area contributed by atoms with Crippen molar-refractivity contribution in [3.8, 4) is 11.4 Å². The van der Waals surface area contributed by atoms with Gasteiger partial charge in [0.1, 0.15) is 10.3 Å². The third-order valence-electron chi connectivity index (χ3n) is 2.57. The molecule has 1 N–H and O–H groups in total. The van der Waals surface area contributed by atoms with Crippen molar-refractivity contribution in [3.05, 3.63) is 48.8 Å². The van der Waals surface area contributed by atoms with Crippen LogP contribution in [0.2, 0.25) is 10.0 Å². The smallest absolute Gasteiger partial charge is 0.265 e. The maximum Gasteiger partial charge on any atom is 0.265 e. The van der Waals surface area contributed by atoms with Crippen LogP contribution in [0.5, 0.6) is 0 Å². The summed E-state index contributed by atoms with van der Waals surface area (Å²) in [6, 6.07) is 5.06. The third kappa shape index (κ3) is 3.19. The van der Waals surface area contributed by atoms with Crippen LogP contribution in [-0.2, 0) is 0 Å². The van der Waals surface area contributed by atoms with Crippen LogP contribution in [0.4, 0.5) is 0 Å². The summed E-state index contributed by atoms with van der Waals surface area (Å²) >= 11 is 15.2. The summed E-state index contributed by atoms with van der Waals surface area (Å²) in [6.45, 7) is 3.95. The summed E-state index contributed by atoms with van der Waals surface area (Å²) in [7, 11) is 0. The number of benzene rings is 1. The van der Waals surface area contributed by atoms with Crippen LogP contribution in [0.25, 0.3) is 11.4 Å². The number of aromatic amines is 1. The molecule has 1 heterocycles. The molecule has 0 aliphatic rings. The fourth-order valence-electron chi connectivity index (χ4n) is 1.69. The molecule has 19 heavy (non-hydrogen) atoms. The average Bonchev–Trinajstić information content (AvgIpc) is 2.30. The average molecular weight is 362 g/mol. The van der Waals surface area contributed by atoms with Crippen molar-refractivity contribution in [1.29, 1.82) is 0 Å². The first-order chi connectivity index (χ1) is 8.88. The fourth-order valence-corrected chi connectivity index (χ4v) is 2.86. The normalized spacial score (nSPS) is 11.1. The van der Waals surface area contributed by atoms with Crippen LogP contribution < -0.4 is 5.56 Å². The summed E-state index contributed by atoms with van der Waals surface area (Å²) in [5, 5.41) is 0.998. The van der Waals surface area contributed by atoms with Crippen molar-refractivity contribution in [3.63, 3.8) is 0 Å². The van der Waals surface area contributed by atoms with E-state index in [4.69, 9.17) is 23.2 Å². The summed E-state index contributed by atoms with van der Waals surface area (Å²) in [6.07, 6.45) is 0. The summed E-state index contributed by atoms with van der Waals surface area (Å²) in [5.74, 6) is 0.589. The zero-order valence-electron chi connectivity index (χ0n) is 10.3. The van der Waals surface area contributed by atoms with E-state index in [0.717, 1.165) is 0 Å². The zero-order chi connectivity index (χ0) is 14.2. The molecule has 1 aromatic carbocycles. The Morgan fingerprint density at radius 2 is 1.79 bits per heavy atom. The number of H-pyrrole nitrogens is 1. The lowest BCUT2D eigenvalue weighted by Gasteiger charge is -2.10. The van der Waals surface area contributed by atoms with Gasteiger partial charge in [0.05, 0.1) is 5.69 Å². The van der Waals surface area contributed by atoms with E-state index >= 15 is 0 Å². The minimum absolute atomic E-state index is 0.130. The lowest BCUT2D eigenvalue weighted by Crippen LogP contribution is -2.14. The van der Waals surface area contributed by atoms with E-state index in [-0.39, 0.29) is 11.5 Å². The molecule has 0 aliphatic heterocycles. The summed E-state index contributed by atoms with van der Waals surface area (Å²) < 4.78 is 0.458. The molecule has 3 nitrogen and oxygen atoms in total. The Balaban J connectivity index is 2.66. The Labute approximate surface area is 129 Å². The molecule has 0 spiro atoms.